The molecular weight excluding hydrogens is 350 g/mol. The molecule has 1 aliphatic rings. The third-order valence-electron chi connectivity index (χ3n) is 4.01. The lowest BCUT2D eigenvalue weighted by atomic mass is 10.1. The van der Waals surface area contributed by atoms with Gasteiger partial charge in [0.25, 0.3) is 15.9 Å². The van der Waals surface area contributed by atoms with Crippen molar-refractivity contribution in [3.05, 3.63) is 32.8 Å². The van der Waals surface area contributed by atoms with Crippen LogP contribution in [-0.4, -0.2) is 19.5 Å². The molecule has 2 aromatic rings. The Morgan fingerprint density at radius 2 is 2.00 bits per heavy atom. The highest BCUT2D eigenvalue weighted by Gasteiger charge is 2.25. The number of sulfonamides is 1. The van der Waals surface area contributed by atoms with Gasteiger partial charge in [-0.2, -0.15) is 0 Å². The van der Waals surface area contributed by atoms with Crippen molar-refractivity contribution in [2.75, 3.05) is 0 Å². The fourth-order valence-corrected chi connectivity index (χ4v) is 5.18. The molecule has 0 atom stereocenters. The van der Waals surface area contributed by atoms with Gasteiger partial charge in [0.1, 0.15) is 10.6 Å². The van der Waals surface area contributed by atoms with Crippen molar-refractivity contribution < 1.29 is 17.7 Å². The maximum Gasteiger partial charge on any atom is 0.276 e. The number of nitrogens with one attached hydrogen (secondary N) is 2. The number of amides is 1. The van der Waals surface area contributed by atoms with Gasteiger partial charge in [0.2, 0.25) is 0 Å². The van der Waals surface area contributed by atoms with Crippen molar-refractivity contribution in [2.45, 2.75) is 50.8 Å². The van der Waals surface area contributed by atoms with E-state index in [4.69, 9.17) is 4.52 Å². The van der Waals surface area contributed by atoms with Crippen molar-refractivity contribution in [1.82, 2.24) is 15.4 Å². The minimum absolute atomic E-state index is 0.0511. The second kappa shape index (κ2) is 6.66. The Labute approximate surface area is 144 Å². The number of hydrogen-bond acceptors (Lipinski definition) is 6. The standard InChI is InChI=1S/C15H19N3O4S2/c1-9-14(10(2)22-17-9)24(20,21)18-16-15(19)13-8-11-6-4-3-5-7-12(11)23-13/h8,18H,3-7H2,1-2H3,(H,16,19). The number of thiophene rings is 1. The smallest absolute Gasteiger partial charge is 0.276 e. The molecule has 1 aliphatic carbocycles. The van der Waals surface area contributed by atoms with Crippen LogP contribution < -0.4 is 10.3 Å². The molecule has 130 valence electrons. The Kier molecular flexibility index (Phi) is 4.75. The van der Waals surface area contributed by atoms with Crippen molar-refractivity contribution in [3.63, 3.8) is 0 Å². The zero-order valence-electron chi connectivity index (χ0n) is 13.5. The number of nitrogens with zero attached hydrogens (tertiary/aromatic N) is 1. The van der Waals surface area contributed by atoms with E-state index in [1.54, 1.807) is 0 Å². The molecule has 0 fully saturated rings. The van der Waals surface area contributed by atoms with Gasteiger partial charge in [-0.05, 0) is 51.2 Å². The molecule has 0 saturated heterocycles. The Bertz CT molecular complexity index is 824. The number of fused-ring (bicyclic) bond motifs is 1. The monoisotopic (exact) mass is 369 g/mol. The number of aromatic nitrogens is 1. The van der Waals surface area contributed by atoms with E-state index >= 15 is 0 Å². The summed E-state index contributed by atoms with van der Waals surface area (Å²) in [6.45, 7) is 3.04. The highest BCUT2D eigenvalue weighted by Crippen LogP contribution is 2.28. The van der Waals surface area contributed by atoms with Gasteiger partial charge < -0.3 is 4.52 Å². The summed E-state index contributed by atoms with van der Waals surface area (Å²) < 4.78 is 29.4. The first-order chi connectivity index (χ1) is 11.4. The lowest BCUT2D eigenvalue weighted by molar-refractivity contribution is 0.0949. The molecule has 2 aromatic heterocycles. The number of rotatable bonds is 4. The predicted octanol–water partition coefficient (Wildman–Crippen LogP) is 2.25. The lowest BCUT2D eigenvalue weighted by Gasteiger charge is -2.07. The molecule has 0 aromatic carbocycles. The number of carbonyl (C=O) groups is 1. The number of hydrogen-bond donors (Lipinski definition) is 2. The molecule has 0 bridgehead atoms. The highest BCUT2D eigenvalue weighted by atomic mass is 32.2. The summed E-state index contributed by atoms with van der Waals surface area (Å²) in [6, 6.07) is 1.87. The predicted molar refractivity (Wildman–Crippen MR) is 89.3 cm³/mol. The van der Waals surface area contributed by atoms with Crippen LogP contribution in [0.15, 0.2) is 15.5 Å². The molecular formula is C15H19N3O4S2. The molecule has 24 heavy (non-hydrogen) atoms. The van der Waals surface area contributed by atoms with E-state index in [1.807, 2.05) is 6.07 Å². The number of hydrazine groups is 1. The highest BCUT2D eigenvalue weighted by molar-refractivity contribution is 7.89. The molecule has 7 nitrogen and oxygen atoms in total. The quantitative estimate of drug-likeness (QED) is 0.636. The lowest BCUT2D eigenvalue weighted by Crippen LogP contribution is -2.41. The van der Waals surface area contributed by atoms with E-state index < -0.39 is 15.9 Å². The molecule has 0 aliphatic heterocycles. The van der Waals surface area contributed by atoms with Gasteiger partial charge in [-0.25, -0.2) is 8.42 Å². The Hall–Kier alpha value is -1.71. The van der Waals surface area contributed by atoms with Crippen LogP contribution in [0.25, 0.3) is 0 Å². The molecule has 2 N–H and O–H groups in total. The fraction of sp³-hybridized carbons (Fsp3) is 0.467. The Morgan fingerprint density at radius 1 is 1.25 bits per heavy atom. The molecule has 0 unspecified atom stereocenters. The molecule has 0 saturated carbocycles. The average molecular weight is 369 g/mol. The van der Waals surface area contributed by atoms with Crippen LogP contribution in [-0.2, 0) is 22.9 Å². The molecule has 2 heterocycles. The van der Waals surface area contributed by atoms with E-state index in [9.17, 15) is 13.2 Å². The summed E-state index contributed by atoms with van der Waals surface area (Å²) in [5, 5.41) is 3.62. The molecule has 0 spiro atoms. The van der Waals surface area contributed by atoms with Crippen LogP contribution in [0.3, 0.4) is 0 Å². The van der Waals surface area contributed by atoms with Crippen molar-refractivity contribution >= 4 is 27.3 Å². The van der Waals surface area contributed by atoms with Crippen LogP contribution in [0.2, 0.25) is 0 Å². The summed E-state index contributed by atoms with van der Waals surface area (Å²) in [5.74, 6) is -0.277. The largest absolute Gasteiger partial charge is 0.360 e. The van der Waals surface area contributed by atoms with Gasteiger partial charge in [-0.15, -0.1) is 16.2 Å². The van der Waals surface area contributed by atoms with E-state index in [0.717, 1.165) is 25.7 Å². The number of aryl methyl sites for hydroxylation is 4. The Balaban J connectivity index is 1.72. The van der Waals surface area contributed by atoms with Gasteiger partial charge >= 0.3 is 0 Å². The molecule has 3 rings (SSSR count). The fourth-order valence-electron chi connectivity index (χ4n) is 2.86. The third-order valence-corrected chi connectivity index (χ3v) is 6.73. The van der Waals surface area contributed by atoms with Gasteiger partial charge in [0.15, 0.2) is 5.76 Å². The first kappa shape index (κ1) is 17.1. The van der Waals surface area contributed by atoms with E-state index in [0.29, 0.717) is 4.88 Å². The summed E-state index contributed by atoms with van der Waals surface area (Å²) in [5.41, 5.74) is 3.72. The molecule has 9 heteroatoms. The zero-order chi connectivity index (χ0) is 17.3. The topological polar surface area (TPSA) is 101 Å². The minimum atomic E-state index is -3.92. The van der Waals surface area contributed by atoms with Crippen LogP contribution in [0, 0.1) is 13.8 Å². The second-order valence-corrected chi connectivity index (χ2v) is 8.59. The average Bonchev–Trinajstić information content (AvgIpc) is 3.01. The summed E-state index contributed by atoms with van der Waals surface area (Å²) in [6.07, 6.45) is 5.43. The summed E-state index contributed by atoms with van der Waals surface area (Å²) in [7, 11) is -3.92. The van der Waals surface area contributed by atoms with E-state index in [1.165, 1.54) is 42.0 Å². The molecule has 1 amide bonds. The van der Waals surface area contributed by atoms with Crippen LogP contribution in [0.5, 0.6) is 0 Å². The van der Waals surface area contributed by atoms with Crippen molar-refractivity contribution in [1.29, 1.82) is 0 Å². The van der Waals surface area contributed by atoms with Gasteiger partial charge in [-0.1, -0.05) is 11.6 Å². The van der Waals surface area contributed by atoms with Crippen LogP contribution >= 0.6 is 11.3 Å². The maximum absolute atomic E-state index is 12.3. The molecule has 0 radical (unpaired) electrons. The van der Waals surface area contributed by atoms with Gasteiger partial charge in [-0.3, -0.25) is 10.2 Å². The van der Waals surface area contributed by atoms with Crippen molar-refractivity contribution in [3.8, 4) is 0 Å². The third kappa shape index (κ3) is 3.38. The summed E-state index contributed by atoms with van der Waals surface area (Å²) in [4.78, 5) is 16.1. The van der Waals surface area contributed by atoms with Crippen LogP contribution in [0.4, 0.5) is 0 Å². The first-order valence-corrected chi connectivity index (χ1v) is 10.0. The van der Waals surface area contributed by atoms with E-state index in [2.05, 4.69) is 15.4 Å². The summed E-state index contributed by atoms with van der Waals surface area (Å²) >= 11 is 1.43. The van der Waals surface area contributed by atoms with Gasteiger partial charge in [0, 0.05) is 4.88 Å². The Morgan fingerprint density at radius 3 is 2.71 bits per heavy atom. The normalized spacial score (nSPS) is 14.9. The van der Waals surface area contributed by atoms with Crippen molar-refractivity contribution in [2.24, 2.45) is 0 Å². The van der Waals surface area contributed by atoms with Gasteiger partial charge in [0.05, 0.1) is 4.88 Å². The second-order valence-electron chi connectivity index (χ2n) is 5.83. The number of carbonyl (C=O) groups excluding carboxylic acids is 1. The zero-order valence-corrected chi connectivity index (χ0v) is 15.1. The van der Waals surface area contributed by atoms with Crippen LogP contribution in [0.1, 0.15) is 50.8 Å². The SMILES string of the molecule is Cc1noc(C)c1S(=O)(=O)NNC(=O)c1cc2c(s1)CCCCC2. The minimum Gasteiger partial charge on any atom is -0.360 e. The first-order valence-electron chi connectivity index (χ1n) is 7.75. The van der Waals surface area contributed by atoms with E-state index in [-0.39, 0.29) is 16.3 Å². The maximum atomic E-state index is 12.3.